The molecule has 0 aliphatic heterocycles. The highest BCUT2D eigenvalue weighted by Crippen LogP contribution is 2.34. The van der Waals surface area contributed by atoms with Crippen LogP contribution in [0.3, 0.4) is 0 Å². The number of fused-ring (bicyclic) bond motifs is 1. The van der Waals surface area contributed by atoms with Gasteiger partial charge >= 0.3 is 6.18 Å². The van der Waals surface area contributed by atoms with Crippen molar-refractivity contribution >= 4 is 38.8 Å². The van der Waals surface area contributed by atoms with Crippen LogP contribution >= 0.6 is 22.7 Å². The number of carbonyl (C=O) groups excluding carboxylic acids is 1. The quantitative estimate of drug-likeness (QED) is 0.660. The Morgan fingerprint density at radius 1 is 1.15 bits per heavy atom. The Morgan fingerprint density at radius 2 is 1.85 bits per heavy atom. The number of thiophene rings is 1. The Hall–Kier alpha value is -2.00. The molecule has 4 nitrogen and oxygen atoms in total. The molecule has 3 aromatic heterocycles. The van der Waals surface area contributed by atoms with Crippen LogP contribution in [0.1, 0.15) is 49.5 Å². The highest BCUT2D eigenvalue weighted by Gasteiger charge is 2.33. The summed E-state index contributed by atoms with van der Waals surface area (Å²) >= 11 is 2.49. The summed E-state index contributed by atoms with van der Waals surface area (Å²) in [5.74, 6) is -0.322. The number of nitrogens with one attached hydrogen (secondary N) is 1. The smallest absolute Gasteiger partial charge is 0.344 e. The summed E-state index contributed by atoms with van der Waals surface area (Å²) in [5.41, 5.74) is 0.542. The number of nitrogens with zero attached hydrogens (tertiary/aromatic N) is 2. The molecule has 3 heterocycles. The summed E-state index contributed by atoms with van der Waals surface area (Å²) in [6.45, 7) is 7.36. The second-order valence-corrected chi connectivity index (χ2v) is 8.21. The van der Waals surface area contributed by atoms with E-state index in [4.69, 9.17) is 0 Å². The van der Waals surface area contributed by atoms with Crippen LogP contribution in [0.5, 0.6) is 0 Å². The highest BCUT2D eigenvalue weighted by atomic mass is 32.1. The zero-order valence-corrected chi connectivity index (χ0v) is 16.1. The van der Waals surface area contributed by atoms with Crippen LogP contribution in [0, 0.1) is 20.8 Å². The number of hydrogen-bond donors (Lipinski definition) is 1. The lowest BCUT2D eigenvalue weighted by atomic mass is 10.1. The molecule has 3 aromatic rings. The van der Waals surface area contributed by atoms with Crippen molar-refractivity contribution in [1.82, 2.24) is 15.3 Å². The summed E-state index contributed by atoms with van der Waals surface area (Å²) in [7, 11) is 0. The first-order valence-corrected chi connectivity index (χ1v) is 9.43. The maximum atomic E-state index is 12.8. The Kier molecular flexibility index (Phi) is 4.78. The molecule has 1 N–H and O–H groups in total. The molecular weight excluding hydrogens is 383 g/mol. The molecule has 0 fully saturated rings. The first kappa shape index (κ1) is 18.8. The molecule has 3 rings (SSSR count). The third-order valence-corrected chi connectivity index (χ3v) is 6.44. The Balaban J connectivity index is 1.90. The van der Waals surface area contributed by atoms with Crippen molar-refractivity contribution in [3.05, 3.63) is 43.8 Å². The summed E-state index contributed by atoms with van der Waals surface area (Å²) in [5, 5.41) is 4.38. The van der Waals surface area contributed by atoms with Crippen LogP contribution in [0.25, 0.3) is 10.2 Å². The summed E-state index contributed by atoms with van der Waals surface area (Å²) < 4.78 is 38.5. The van der Waals surface area contributed by atoms with Gasteiger partial charge in [-0.15, -0.1) is 22.7 Å². The van der Waals surface area contributed by atoms with Crippen LogP contribution in [0.2, 0.25) is 0 Å². The second kappa shape index (κ2) is 6.62. The van der Waals surface area contributed by atoms with Crippen molar-refractivity contribution in [2.24, 2.45) is 0 Å². The molecule has 1 atom stereocenters. The molecule has 26 heavy (non-hydrogen) atoms. The van der Waals surface area contributed by atoms with E-state index in [1.807, 2.05) is 20.8 Å². The SMILES string of the molecule is Cc1nc(C)c(C(C)NC(=O)c2sc3nc(C(F)(F)F)ccc3c2C)s1. The molecule has 0 aromatic carbocycles. The van der Waals surface area contributed by atoms with Crippen molar-refractivity contribution in [1.29, 1.82) is 0 Å². The van der Waals surface area contributed by atoms with E-state index in [1.165, 1.54) is 17.4 Å². The lowest BCUT2D eigenvalue weighted by Gasteiger charge is -2.12. The first-order valence-electron chi connectivity index (χ1n) is 7.80. The molecule has 1 unspecified atom stereocenters. The fourth-order valence-corrected chi connectivity index (χ4v) is 4.76. The number of aromatic nitrogens is 2. The van der Waals surface area contributed by atoms with E-state index in [0.717, 1.165) is 33.0 Å². The Bertz CT molecular complexity index is 991. The van der Waals surface area contributed by atoms with Gasteiger partial charge in [-0.3, -0.25) is 4.79 Å². The number of thiazole rings is 1. The number of hydrogen-bond acceptors (Lipinski definition) is 5. The van der Waals surface area contributed by atoms with Gasteiger partial charge in [0.1, 0.15) is 10.5 Å². The topological polar surface area (TPSA) is 54.9 Å². The molecule has 0 saturated heterocycles. The van der Waals surface area contributed by atoms with Gasteiger partial charge in [-0.05, 0) is 45.4 Å². The second-order valence-electron chi connectivity index (χ2n) is 5.98. The predicted molar refractivity (Wildman–Crippen MR) is 96.8 cm³/mol. The maximum absolute atomic E-state index is 12.8. The molecule has 1 amide bonds. The number of pyridine rings is 1. The third-order valence-electron chi connectivity index (χ3n) is 3.98. The number of alkyl halides is 3. The molecule has 0 aliphatic carbocycles. The van der Waals surface area contributed by atoms with E-state index in [0.29, 0.717) is 15.8 Å². The van der Waals surface area contributed by atoms with Crippen LogP contribution in [0.15, 0.2) is 12.1 Å². The fourth-order valence-electron chi connectivity index (χ4n) is 2.75. The predicted octanol–water partition coefficient (Wildman–Crippen LogP) is 5.19. The minimum atomic E-state index is -4.51. The molecule has 9 heteroatoms. The van der Waals surface area contributed by atoms with Gasteiger partial charge in [0.15, 0.2) is 0 Å². The monoisotopic (exact) mass is 399 g/mol. The minimum Gasteiger partial charge on any atom is -0.344 e. The largest absolute Gasteiger partial charge is 0.433 e. The van der Waals surface area contributed by atoms with E-state index >= 15 is 0 Å². The summed E-state index contributed by atoms with van der Waals surface area (Å²) in [6.07, 6.45) is -4.51. The van der Waals surface area contributed by atoms with Crippen LogP contribution in [-0.4, -0.2) is 15.9 Å². The minimum absolute atomic E-state index is 0.208. The first-order chi connectivity index (χ1) is 12.1. The van der Waals surface area contributed by atoms with Crippen LogP contribution in [-0.2, 0) is 6.18 Å². The fraction of sp³-hybridized carbons (Fsp3) is 0.353. The van der Waals surface area contributed by atoms with Gasteiger partial charge in [0, 0.05) is 10.3 Å². The molecule has 0 aliphatic rings. The number of halogens is 3. The van der Waals surface area contributed by atoms with Crippen molar-refractivity contribution in [2.45, 2.75) is 39.9 Å². The van der Waals surface area contributed by atoms with Gasteiger partial charge in [0.05, 0.1) is 21.6 Å². The van der Waals surface area contributed by atoms with E-state index in [9.17, 15) is 18.0 Å². The molecule has 138 valence electrons. The van der Waals surface area contributed by atoms with Crippen LogP contribution in [0.4, 0.5) is 13.2 Å². The third kappa shape index (κ3) is 3.45. The lowest BCUT2D eigenvalue weighted by molar-refractivity contribution is -0.140. The standard InChI is InChI=1S/C17H16F3N3OS2/c1-7-11-5-6-12(17(18,19)20)23-16(11)26-13(7)15(24)22-9(3)14-8(2)21-10(4)25-14/h5-6,9H,1-4H3,(H,22,24). The van der Waals surface area contributed by atoms with E-state index in [2.05, 4.69) is 15.3 Å². The van der Waals surface area contributed by atoms with Crippen LogP contribution < -0.4 is 5.32 Å². The number of amides is 1. The van der Waals surface area contributed by atoms with Crippen molar-refractivity contribution in [3.63, 3.8) is 0 Å². The molecule has 0 saturated carbocycles. The molecule has 0 radical (unpaired) electrons. The van der Waals surface area contributed by atoms with Gasteiger partial charge in [0.25, 0.3) is 5.91 Å². The van der Waals surface area contributed by atoms with E-state index < -0.39 is 11.9 Å². The molecular formula is C17H16F3N3OS2. The lowest BCUT2D eigenvalue weighted by Crippen LogP contribution is -2.26. The average Bonchev–Trinajstić information content (AvgIpc) is 3.05. The van der Waals surface area contributed by atoms with Gasteiger partial charge in [-0.25, -0.2) is 9.97 Å². The van der Waals surface area contributed by atoms with Crippen molar-refractivity contribution < 1.29 is 18.0 Å². The Morgan fingerprint density at radius 3 is 2.42 bits per heavy atom. The van der Waals surface area contributed by atoms with Crippen molar-refractivity contribution in [3.8, 4) is 0 Å². The van der Waals surface area contributed by atoms with Crippen molar-refractivity contribution in [2.75, 3.05) is 0 Å². The average molecular weight is 399 g/mol. The van der Waals surface area contributed by atoms with Gasteiger partial charge in [-0.1, -0.05) is 0 Å². The maximum Gasteiger partial charge on any atom is 0.433 e. The normalized spacial score (nSPS) is 13.2. The van der Waals surface area contributed by atoms with Gasteiger partial charge in [0.2, 0.25) is 0 Å². The zero-order chi connectivity index (χ0) is 19.2. The summed E-state index contributed by atoms with van der Waals surface area (Å²) in [4.78, 5) is 22.2. The number of carbonyl (C=O) groups is 1. The summed E-state index contributed by atoms with van der Waals surface area (Å²) in [6, 6.07) is 2.07. The van der Waals surface area contributed by atoms with E-state index in [-0.39, 0.29) is 16.8 Å². The highest BCUT2D eigenvalue weighted by molar-refractivity contribution is 7.20. The van der Waals surface area contributed by atoms with E-state index in [1.54, 1.807) is 6.92 Å². The Labute approximate surface area is 156 Å². The van der Waals surface area contributed by atoms with Gasteiger partial charge in [-0.2, -0.15) is 13.2 Å². The zero-order valence-electron chi connectivity index (χ0n) is 14.5. The molecule has 0 bridgehead atoms. The number of aryl methyl sites for hydroxylation is 3. The van der Waals surface area contributed by atoms with Gasteiger partial charge < -0.3 is 5.32 Å². The molecule has 0 spiro atoms. The number of rotatable bonds is 3.